The van der Waals surface area contributed by atoms with Crippen LogP contribution in [0.2, 0.25) is 5.02 Å². The number of hydrogen-bond donors (Lipinski definition) is 1. The van der Waals surface area contributed by atoms with Crippen LogP contribution in [0.15, 0.2) is 47.4 Å². The van der Waals surface area contributed by atoms with Gasteiger partial charge in [0, 0.05) is 24.2 Å². The molecule has 26 heavy (non-hydrogen) atoms. The Morgan fingerprint density at radius 2 is 2.00 bits per heavy atom. The molecule has 1 amide bonds. The van der Waals surface area contributed by atoms with Gasteiger partial charge < -0.3 is 5.32 Å². The predicted octanol–water partition coefficient (Wildman–Crippen LogP) is 2.65. The van der Waals surface area contributed by atoms with Crippen molar-refractivity contribution < 1.29 is 22.5 Å². The van der Waals surface area contributed by atoms with Crippen LogP contribution in [0.25, 0.3) is 0 Å². The molecular formula is C15H13ClFN3O5S. The topological polar surface area (TPSA) is 110 Å². The monoisotopic (exact) mass is 401 g/mol. The number of hydrogen-bond acceptors (Lipinski definition) is 5. The number of carbonyl (C=O) groups excluding carboxylic acids is 1. The molecular weight excluding hydrogens is 389 g/mol. The third-order valence-corrected chi connectivity index (χ3v) is 5.34. The lowest BCUT2D eigenvalue weighted by atomic mass is 10.3. The number of rotatable bonds is 6. The van der Waals surface area contributed by atoms with E-state index in [0.29, 0.717) is 4.31 Å². The lowest BCUT2D eigenvalue weighted by Crippen LogP contribution is -2.35. The number of nitrogens with one attached hydrogen (secondary N) is 1. The van der Waals surface area contributed by atoms with Crippen molar-refractivity contribution in [3.8, 4) is 0 Å². The van der Waals surface area contributed by atoms with Gasteiger partial charge in [0.2, 0.25) is 15.9 Å². The van der Waals surface area contributed by atoms with Crippen LogP contribution in [-0.4, -0.2) is 37.1 Å². The minimum atomic E-state index is -4.15. The fourth-order valence-corrected chi connectivity index (χ4v) is 3.35. The van der Waals surface area contributed by atoms with Gasteiger partial charge in [-0.25, -0.2) is 12.8 Å². The Hall–Kier alpha value is -2.56. The molecule has 0 bridgehead atoms. The summed E-state index contributed by atoms with van der Waals surface area (Å²) < 4.78 is 39.2. The molecule has 0 aliphatic rings. The summed E-state index contributed by atoms with van der Waals surface area (Å²) in [6.45, 7) is -0.628. The number of anilines is 1. The van der Waals surface area contributed by atoms with E-state index in [4.69, 9.17) is 11.6 Å². The minimum absolute atomic E-state index is 0.191. The first-order valence-electron chi connectivity index (χ1n) is 7.07. The molecule has 138 valence electrons. The maximum atomic E-state index is 13.6. The highest BCUT2D eigenvalue weighted by molar-refractivity contribution is 7.89. The van der Waals surface area contributed by atoms with Crippen LogP contribution in [0, 0.1) is 15.9 Å². The molecule has 0 heterocycles. The molecule has 0 spiro atoms. The van der Waals surface area contributed by atoms with Crippen molar-refractivity contribution in [1.82, 2.24) is 4.31 Å². The molecule has 0 aliphatic heterocycles. The summed E-state index contributed by atoms with van der Waals surface area (Å²) in [4.78, 5) is 21.7. The lowest BCUT2D eigenvalue weighted by molar-refractivity contribution is -0.385. The van der Waals surface area contributed by atoms with Crippen LogP contribution in [0.5, 0.6) is 0 Å². The molecule has 0 unspecified atom stereocenters. The summed E-state index contributed by atoms with van der Waals surface area (Å²) in [6.07, 6.45) is 0. The molecule has 0 aliphatic carbocycles. The van der Waals surface area contributed by atoms with Gasteiger partial charge in [-0.1, -0.05) is 17.7 Å². The molecule has 0 saturated carbocycles. The molecule has 2 aromatic carbocycles. The van der Waals surface area contributed by atoms with Crippen molar-refractivity contribution in [2.45, 2.75) is 4.90 Å². The van der Waals surface area contributed by atoms with E-state index in [2.05, 4.69) is 5.32 Å². The molecule has 0 atom stereocenters. The third-order valence-electron chi connectivity index (χ3n) is 3.31. The maximum Gasteiger partial charge on any atom is 0.270 e. The van der Waals surface area contributed by atoms with Crippen LogP contribution in [0.4, 0.5) is 15.8 Å². The van der Waals surface area contributed by atoms with Crippen molar-refractivity contribution in [1.29, 1.82) is 0 Å². The van der Waals surface area contributed by atoms with E-state index in [-0.39, 0.29) is 15.6 Å². The van der Waals surface area contributed by atoms with E-state index in [1.807, 2.05) is 0 Å². The van der Waals surface area contributed by atoms with E-state index < -0.39 is 38.9 Å². The molecule has 11 heteroatoms. The fraction of sp³-hybridized carbons (Fsp3) is 0.133. The summed E-state index contributed by atoms with van der Waals surface area (Å²) in [6, 6.07) is 7.97. The van der Waals surface area contributed by atoms with Crippen LogP contribution >= 0.6 is 11.6 Å². The molecule has 0 saturated heterocycles. The van der Waals surface area contributed by atoms with E-state index >= 15 is 0 Å². The minimum Gasteiger partial charge on any atom is -0.322 e. The summed E-state index contributed by atoms with van der Waals surface area (Å²) in [5, 5.41) is 13.2. The molecule has 2 aromatic rings. The summed E-state index contributed by atoms with van der Waals surface area (Å²) in [5.41, 5.74) is -0.589. The number of benzene rings is 2. The standard InChI is InChI=1S/C15H13ClFN3O5S/c1-19(9-15(21)18-14-7-10(16)5-6-13(14)17)26(24,25)12-4-2-3-11(8-12)20(22)23/h2-8H,9H2,1H3,(H,18,21). The van der Waals surface area contributed by atoms with Crippen molar-refractivity contribution in [2.75, 3.05) is 18.9 Å². The highest BCUT2D eigenvalue weighted by atomic mass is 35.5. The second-order valence-electron chi connectivity index (χ2n) is 5.19. The van der Waals surface area contributed by atoms with Gasteiger partial charge in [-0.3, -0.25) is 14.9 Å². The SMILES string of the molecule is CN(CC(=O)Nc1cc(Cl)ccc1F)S(=O)(=O)c1cccc([N+](=O)[O-])c1. The van der Waals surface area contributed by atoms with Gasteiger partial charge in [0.25, 0.3) is 5.69 Å². The molecule has 0 radical (unpaired) electrons. The number of carbonyl (C=O) groups is 1. The first kappa shape index (κ1) is 19.8. The number of likely N-dealkylation sites (N-methyl/N-ethyl adjacent to an activating group) is 1. The average Bonchev–Trinajstić information content (AvgIpc) is 2.58. The van der Waals surface area contributed by atoms with Gasteiger partial charge in [0.05, 0.1) is 22.1 Å². The molecule has 0 aromatic heterocycles. The van der Waals surface area contributed by atoms with Crippen LogP contribution in [0.3, 0.4) is 0 Å². The highest BCUT2D eigenvalue weighted by Gasteiger charge is 2.25. The van der Waals surface area contributed by atoms with E-state index in [0.717, 1.165) is 25.2 Å². The number of nitro groups is 1. The zero-order chi connectivity index (χ0) is 19.5. The third kappa shape index (κ3) is 4.54. The fourth-order valence-electron chi connectivity index (χ4n) is 2.01. The Kier molecular flexibility index (Phi) is 5.90. The van der Waals surface area contributed by atoms with E-state index in [1.54, 1.807) is 0 Å². The lowest BCUT2D eigenvalue weighted by Gasteiger charge is -2.17. The Morgan fingerprint density at radius 1 is 1.31 bits per heavy atom. The van der Waals surface area contributed by atoms with Crippen molar-refractivity contribution in [3.05, 3.63) is 63.4 Å². The molecule has 0 fully saturated rings. The van der Waals surface area contributed by atoms with Gasteiger partial charge in [-0.15, -0.1) is 0 Å². The van der Waals surface area contributed by atoms with Gasteiger partial charge in [-0.2, -0.15) is 4.31 Å². The first-order chi connectivity index (χ1) is 12.1. The zero-order valence-corrected chi connectivity index (χ0v) is 14.9. The smallest absolute Gasteiger partial charge is 0.270 e. The average molecular weight is 402 g/mol. The predicted molar refractivity (Wildman–Crippen MR) is 93.0 cm³/mol. The Labute approximate surface area is 153 Å². The van der Waals surface area contributed by atoms with Crippen LogP contribution in [-0.2, 0) is 14.8 Å². The zero-order valence-electron chi connectivity index (χ0n) is 13.3. The van der Waals surface area contributed by atoms with Crippen molar-refractivity contribution in [2.24, 2.45) is 0 Å². The number of halogens is 2. The second-order valence-corrected chi connectivity index (χ2v) is 7.67. The molecule has 1 N–H and O–H groups in total. The quantitative estimate of drug-likeness (QED) is 0.591. The Balaban J connectivity index is 2.16. The molecule has 2 rings (SSSR count). The van der Waals surface area contributed by atoms with Gasteiger partial charge >= 0.3 is 0 Å². The first-order valence-corrected chi connectivity index (χ1v) is 8.89. The van der Waals surface area contributed by atoms with E-state index in [1.165, 1.54) is 24.3 Å². The van der Waals surface area contributed by atoms with Gasteiger partial charge in [0.1, 0.15) is 5.82 Å². The number of non-ortho nitro benzene ring substituents is 1. The number of sulfonamides is 1. The second kappa shape index (κ2) is 7.77. The number of nitro benzene ring substituents is 1. The highest BCUT2D eigenvalue weighted by Crippen LogP contribution is 2.21. The number of amides is 1. The van der Waals surface area contributed by atoms with Crippen molar-refractivity contribution >= 4 is 38.9 Å². The van der Waals surface area contributed by atoms with Gasteiger partial charge in [0.15, 0.2) is 0 Å². The van der Waals surface area contributed by atoms with Crippen molar-refractivity contribution in [3.63, 3.8) is 0 Å². The Morgan fingerprint density at radius 3 is 2.65 bits per heavy atom. The summed E-state index contributed by atoms with van der Waals surface area (Å²) in [7, 11) is -3.03. The molecule has 8 nitrogen and oxygen atoms in total. The summed E-state index contributed by atoms with van der Waals surface area (Å²) in [5.74, 6) is -1.53. The maximum absolute atomic E-state index is 13.6. The normalized spacial score (nSPS) is 11.4. The van der Waals surface area contributed by atoms with Crippen LogP contribution < -0.4 is 5.32 Å². The largest absolute Gasteiger partial charge is 0.322 e. The Bertz CT molecular complexity index is 968. The number of nitrogens with zero attached hydrogens (tertiary/aromatic N) is 2. The summed E-state index contributed by atoms with van der Waals surface area (Å²) >= 11 is 5.72. The van der Waals surface area contributed by atoms with Gasteiger partial charge in [-0.05, 0) is 24.3 Å². The van der Waals surface area contributed by atoms with E-state index in [9.17, 15) is 27.7 Å². The van der Waals surface area contributed by atoms with Crippen LogP contribution in [0.1, 0.15) is 0 Å².